The first kappa shape index (κ1) is 23.5. The lowest BCUT2D eigenvalue weighted by molar-refractivity contribution is -0.142. The Hall–Kier alpha value is -2.64. The molecule has 2 heterocycles. The number of hydrogen-bond donors (Lipinski definition) is 3. The summed E-state index contributed by atoms with van der Waals surface area (Å²) in [6.45, 7) is 7.93. The molecule has 0 aromatic heterocycles. The molecular formula is C26H28ClNO5. The van der Waals surface area contributed by atoms with Gasteiger partial charge in [0.05, 0.1) is 23.0 Å². The number of benzene rings is 2. The molecule has 3 N–H and O–H groups in total. The van der Waals surface area contributed by atoms with Crippen molar-refractivity contribution in [3.8, 4) is 5.75 Å². The van der Waals surface area contributed by atoms with E-state index in [-0.39, 0.29) is 17.4 Å². The summed E-state index contributed by atoms with van der Waals surface area (Å²) in [5, 5.41) is 26.4. The van der Waals surface area contributed by atoms with Gasteiger partial charge in [0.15, 0.2) is 11.7 Å². The molecule has 1 saturated heterocycles. The second kappa shape index (κ2) is 8.61. The zero-order valence-electron chi connectivity index (χ0n) is 18.9. The number of anilines is 1. The Balaban J connectivity index is 1.79. The first-order chi connectivity index (χ1) is 15.6. The monoisotopic (exact) mass is 469 g/mol. The van der Waals surface area contributed by atoms with Gasteiger partial charge in [-0.15, -0.1) is 0 Å². The van der Waals surface area contributed by atoms with Crippen molar-refractivity contribution in [3.63, 3.8) is 0 Å². The van der Waals surface area contributed by atoms with E-state index in [0.29, 0.717) is 21.8 Å². The van der Waals surface area contributed by atoms with E-state index in [1.165, 1.54) is 7.11 Å². The fraction of sp³-hybridized carbons (Fsp3) is 0.346. The van der Waals surface area contributed by atoms with Crippen LogP contribution in [0.3, 0.4) is 0 Å². The third kappa shape index (κ3) is 4.08. The number of phenols is 1. The highest BCUT2D eigenvalue weighted by molar-refractivity contribution is 6.30. The zero-order valence-corrected chi connectivity index (χ0v) is 19.6. The van der Waals surface area contributed by atoms with Crippen molar-refractivity contribution in [1.82, 2.24) is 0 Å². The predicted molar refractivity (Wildman–Crippen MR) is 128 cm³/mol. The lowest BCUT2D eigenvalue weighted by atomic mass is 9.76. The SMILES string of the molecule is C=C(C)[C@@H]1CC[C@](C)(/C=C/c2ccc3c(c2O)[C@@](O)(c2ccc(Cl)cc2)[C@H](OC)C(=O)N3)O1. The van der Waals surface area contributed by atoms with Crippen LogP contribution < -0.4 is 5.32 Å². The molecule has 174 valence electrons. The number of fused-ring (bicyclic) bond motifs is 1. The van der Waals surface area contributed by atoms with E-state index in [0.717, 1.165) is 18.4 Å². The first-order valence-corrected chi connectivity index (χ1v) is 11.2. The Morgan fingerprint density at radius 1 is 1.30 bits per heavy atom. The molecule has 0 spiro atoms. The number of carbonyl (C=O) groups excluding carboxylic acids is 1. The van der Waals surface area contributed by atoms with Gasteiger partial charge in [0.2, 0.25) is 0 Å². The van der Waals surface area contributed by atoms with E-state index < -0.39 is 23.2 Å². The molecule has 0 aliphatic carbocycles. The molecule has 0 bridgehead atoms. The Bertz CT molecular complexity index is 1130. The minimum Gasteiger partial charge on any atom is -0.507 e. The average molecular weight is 470 g/mol. The molecule has 4 atom stereocenters. The number of halogens is 1. The van der Waals surface area contributed by atoms with E-state index in [4.69, 9.17) is 21.1 Å². The van der Waals surface area contributed by atoms with E-state index in [2.05, 4.69) is 11.9 Å². The van der Waals surface area contributed by atoms with Gasteiger partial charge >= 0.3 is 0 Å². The molecule has 1 fully saturated rings. The van der Waals surface area contributed by atoms with Crippen molar-refractivity contribution >= 4 is 29.3 Å². The third-order valence-corrected chi connectivity index (χ3v) is 6.72. The number of aliphatic hydroxyl groups is 1. The van der Waals surface area contributed by atoms with Crippen LogP contribution in [0.1, 0.15) is 43.4 Å². The summed E-state index contributed by atoms with van der Waals surface area (Å²) in [4.78, 5) is 12.7. The molecule has 6 nitrogen and oxygen atoms in total. The average Bonchev–Trinajstić information content (AvgIpc) is 3.16. The first-order valence-electron chi connectivity index (χ1n) is 10.8. The van der Waals surface area contributed by atoms with Gasteiger partial charge in [-0.2, -0.15) is 0 Å². The number of nitrogens with one attached hydrogen (secondary N) is 1. The summed E-state index contributed by atoms with van der Waals surface area (Å²) < 4.78 is 11.5. The third-order valence-electron chi connectivity index (χ3n) is 6.47. The van der Waals surface area contributed by atoms with Crippen LogP contribution in [0, 0.1) is 0 Å². The predicted octanol–water partition coefficient (Wildman–Crippen LogP) is 4.78. The lowest BCUT2D eigenvalue weighted by Gasteiger charge is -2.40. The normalized spacial score (nSPS) is 29.2. The number of phenolic OH excluding ortho intramolecular Hbond substituents is 1. The number of methoxy groups -OCH3 is 1. The highest BCUT2D eigenvalue weighted by atomic mass is 35.5. The van der Waals surface area contributed by atoms with Gasteiger partial charge in [0, 0.05) is 17.7 Å². The van der Waals surface area contributed by atoms with Crippen LogP contribution in [0.15, 0.2) is 54.6 Å². The van der Waals surface area contributed by atoms with Gasteiger partial charge in [0.25, 0.3) is 5.91 Å². The van der Waals surface area contributed by atoms with Crippen molar-refractivity contribution in [2.24, 2.45) is 0 Å². The molecule has 7 heteroatoms. The van der Waals surface area contributed by atoms with Crippen LogP contribution >= 0.6 is 11.6 Å². The molecule has 0 unspecified atom stereocenters. The topological polar surface area (TPSA) is 88.0 Å². The second-order valence-corrected chi connectivity index (χ2v) is 9.38. The van der Waals surface area contributed by atoms with E-state index in [1.807, 2.05) is 19.9 Å². The smallest absolute Gasteiger partial charge is 0.257 e. The fourth-order valence-electron chi connectivity index (χ4n) is 4.62. The molecule has 2 aromatic rings. The Morgan fingerprint density at radius 2 is 2.00 bits per heavy atom. The van der Waals surface area contributed by atoms with E-state index in [9.17, 15) is 15.0 Å². The molecule has 2 aliphatic heterocycles. The number of rotatable bonds is 5. The molecule has 2 aromatic carbocycles. The number of aromatic hydroxyl groups is 1. The fourth-order valence-corrected chi connectivity index (χ4v) is 4.75. The van der Waals surface area contributed by atoms with E-state index in [1.54, 1.807) is 42.5 Å². The highest BCUT2D eigenvalue weighted by Gasteiger charge is 2.51. The van der Waals surface area contributed by atoms with Crippen LogP contribution in [0.2, 0.25) is 5.02 Å². The van der Waals surface area contributed by atoms with Crippen LogP contribution in [-0.4, -0.2) is 41.0 Å². The van der Waals surface area contributed by atoms with Gasteiger partial charge in [-0.3, -0.25) is 4.79 Å². The summed E-state index contributed by atoms with van der Waals surface area (Å²) in [5.41, 5.74) is -0.108. The van der Waals surface area contributed by atoms with Crippen LogP contribution in [0.5, 0.6) is 5.75 Å². The number of carbonyl (C=O) groups is 1. The maximum absolute atomic E-state index is 12.7. The van der Waals surface area contributed by atoms with Crippen molar-refractivity contribution in [2.45, 2.75) is 50.1 Å². The van der Waals surface area contributed by atoms with Crippen LogP contribution in [-0.2, 0) is 19.9 Å². The van der Waals surface area contributed by atoms with Gasteiger partial charge in [-0.1, -0.05) is 48.0 Å². The molecule has 2 aliphatic rings. The molecule has 4 rings (SSSR count). The maximum atomic E-state index is 12.7. The van der Waals surface area contributed by atoms with Crippen molar-refractivity contribution in [2.75, 3.05) is 12.4 Å². The largest absolute Gasteiger partial charge is 0.507 e. The van der Waals surface area contributed by atoms with Gasteiger partial charge in [0.1, 0.15) is 5.75 Å². The minimum absolute atomic E-state index is 0.00412. The molecule has 33 heavy (non-hydrogen) atoms. The summed E-state index contributed by atoms with van der Waals surface area (Å²) in [7, 11) is 1.34. The number of amides is 1. The molecule has 1 amide bonds. The van der Waals surface area contributed by atoms with Gasteiger partial charge in [-0.05, 0) is 56.5 Å². The summed E-state index contributed by atoms with van der Waals surface area (Å²) in [6.07, 6.45) is 4.12. The molecule has 0 saturated carbocycles. The summed E-state index contributed by atoms with van der Waals surface area (Å²) in [5.74, 6) is -0.663. The van der Waals surface area contributed by atoms with Crippen LogP contribution in [0.25, 0.3) is 6.08 Å². The number of hydrogen-bond acceptors (Lipinski definition) is 5. The van der Waals surface area contributed by atoms with Crippen molar-refractivity contribution in [1.29, 1.82) is 0 Å². The van der Waals surface area contributed by atoms with Crippen molar-refractivity contribution in [3.05, 3.63) is 76.3 Å². The van der Waals surface area contributed by atoms with Gasteiger partial charge in [-0.25, -0.2) is 0 Å². The quantitative estimate of drug-likeness (QED) is 0.549. The van der Waals surface area contributed by atoms with Crippen LogP contribution in [0.4, 0.5) is 5.69 Å². The standard InChI is InChI=1S/C26H28ClNO5/c1-15(2)20-12-14-25(3,33-20)13-11-16-5-10-19-21(22(16)29)26(31,23(32-4)24(30)28-19)17-6-8-18(27)9-7-17/h5-11,13,20,23,29,31H,1,12,14H2,2-4H3,(H,28,30)/b13-11+/t20-,23+,25-,26-/m0/s1. The van der Waals surface area contributed by atoms with E-state index >= 15 is 0 Å². The second-order valence-electron chi connectivity index (χ2n) is 8.94. The Morgan fingerprint density at radius 3 is 2.61 bits per heavy atom. The summed E-state index contributed by atoms with van der Waals surface area (Å²) in [6, 6.07) is 9.81. The van der Waals surface area contributed by atoms with Crippen molar-refractivity contribution < 1.29 is 24.5 Å². The zero-order chi connectivity index (χ0) is 24.0. The van der Waals surface area contributed by atoms with Gasteiger partial charge < -0.3 is 25.0 Å². The molecular weight excluding hydrogens is 442 g/mol. The maximum Gasteiger partial charge on any atom is 0.257 e. The minimum atomic E-state index is -1.93. The highest BCUT2D eigenvalue weighted by Crippen LogP contribution is 2.48. The summed E-state index contributed by atoms with van der Waals surface area (Å²) >= 11 is 6.03. The number of ether oxygens (including phenoxy) is 2. The Labute approximate surface area is 198 Å². The Kier molecular flexibility index (Phi) is 6.14. The molecule has 0 radical (unpaired) electrons. The lowest BCUT2D eigenvalue weighted by Crippen LogP contribution is -2.52.